The Kier molecular flexibility index (Phi) is 8.72. The highest BCUT2D eigenvalue weighted by atomic mass is 16.5. The molecule has 3 rings (SSSR count). The topological polar surface area (TPSA) is 82.2 Å². The average molecular weight is 471 g/mol. The number of rotatable bonds is 8. The average Bonchev–Trinajstić information content (AvgIpc) is 2.84. The quantitative estimate of drug-likeness (QED) is 0.590. The van der Waals surface area contributed by atoms with Gasteiger partial charge in [0.1, 0.15) is 0 Å². The van der Waals surface area contributed by atoms with Gasteiger partial charge in [0.2, 0.25) is 5.91 Å². The molecule has 8 nitrogen and oxygen atoms in total. The van der Waals surface area contributed by atoms with Crippen LogP contribution >= 0.6 is 0 Å². The van der Waals surface area contributed by atoms with E-state index in [0.29, 0.717) is 62.9 Å². The predicted molar refractivity (Wildman–Crippen MR) is 131 cm³/mol. The van der Waals surface area contributed by atoms with E-state index < -0.39 is 12.0 Å². The Morgan fingerprint density at radius 3 is 2.24 bits per heavy atom. The van der Waals surface area contributed by atoms with Crippen LogP contribution in [0.3, 0.4) is 0 Å². The molecule has 0 aliphatic carbocycles. The molecule has 3 amide bonds. The largest absolute Gasteiger partial charge is 0.463 e. The van der Waals surface area contributed by atoms with Crippen LogP contribution in [0.15, 0.2) is 35.5 Å². The SMILES string of the molecule is CCOC(=O)C1=C(CN2CCN(C(=O)CC)CC2)N(CC)C(=O)NC1c1ccc(C(C)C)cc1. The molecule has 0 bridgehead atoms. The summed E-state index contributed by atoms with van der Waals surface area (Å²) < 4.78 is 5.46. The molecule has 0 radical (unpaired) electrons. The van der Waals surface area contributed by atoms with Crippen molar-refractivity contribution in [2.24, 2.45) is 0 Å². The summed E-state index contributed by atoms with van der Waals surface area (Å²) in [6, 6.07) is 7.26. The predicted octanol–water partition coefficient (Wildman–Crippen LogP) is 3.27. The summed E-state index contributed by atoms with van der Waals surface area (Å²) in [4.78, 5) is 44.1. The number of carbonyl (C=O) groups is 3. The first-order valence-corrected chi connectivity index (χ1v) is 12.4. The number of piperazine rings is 1. The highest BCUT2D eigenvalue weighted by Crippen LogP contribution is 2.33. The summed E-state index contributed by atoms with van der Waals surface area (Å²) in [5.74, 6) is 0.136. The molecule has 34 heavy (non-hydrogen) atoms. The van der Waals surface area contributed by atoms with E-state index in [0.717, 1.165) is 5.56 Å². The molecule has 0 saturated carbocycles. The van der Waals surface area contributed by atoms with Crippen LogP contribution in [-0.2, 0) is 14.3 Å². The maximum atomic E-state index is 13.2. The van der Waals surface area contributed by atoms with Crippen molar-refractivity contribution in [3.8, 4) is 0 Å². The third-order valence-electron chi connectivity index (χ3n) is 6.59. The van der Waals surface area contributed by atoms with Gasteiger partial charge in [-0.05, 0) is 30.9 Å². The van der Waals surface area contributed by atoms with Gasteiger partial charge in [-0.15, -0.1) is 0 Å². The van der Waals surface area contributed by atoms with Crippen LogP contribution < -0.4 is 5.32 Å². The third kappa shape index (κ3) is 5.60. The molecule has 2 aliphatic heterocycles. The number of nitrogens with zero attached hydrogens (tertiary/aromatic N) is 3. The van der Waals surface area contributed by atoms with Gasteiger partial charge < -0.3 is 15.0 Å². The normalized spacial score (nSPS) is 19.5. The van der Waals surface area contributed by atoms with Crippen LogP contribution in [0.25, 0.3) is 0 Å². The van der Waals surface area contributed by atoms with Gasteiger partial charge >= 0.3 is 12.0 Å². The molecule has 1 unspecified atom stereocenters. The zero-order valence-corrected chi connectivity index (χ0v) is 21.1. The summed E-state index contributed by atoms with van der Waals surface area (Å²) in [5, 5.41) is 3.03. The van der Waals surface area contributed by atoms with Crippen LogP contribution in [0.4, 0.5) is 4.79 Å². The van der Waals surface area contributed by atoms with Gasteiger partial charge in [-0.25, -0.2) is 9.59 Å². The smallest absolute Gasteiger partial charge is 0.338 e. The molecule has 2 aliphatic rings. The lowest BCUT2D eigenvalue weighted by atomic mass is 9.92. The minimum atomic E-state index is -0.575. The zero-order valence-electron chi connectivity index (χ0n) is 21.1. The number of esters is 1. The molecule has 0 aromatic heterocycles. The first kappa shape index (κ1) is 25.7. The van der Waals surface area contributed by atoms with Crippen molar-refractivity contribution >= 4 is 17.9 Å². The second-order valence-corrected chi connectivity index (χ2v) is 9.04. The van der Waals surface area contributed by atoms with Gasteiger partial charge in [0.15, 0.2) is 0 Å². The van der Waals surface area contributed by atoms with Gasteiger partial charge in [-0.1, -0.05) is 45.0 Å². The minimum absolute atomic E-state index is 0.156. The van der Waals surface area contributed by atoms with Crippen molar-refractivity contribution in [3.63, 3.8) is 0 Å². The van der Waals surface area contributed by atoms with E-state index in [1.807, 2.05) is 43.0 Å². The van der Waals surface area contributed by atoms with E-state index in [1.54, 1.807) is 11.8 Å². The molecule has 1 fully saturated rings. The fraction of sp³-hybridized carbons (Fsp3) is 0.577. The Morgan fingerprint density at radius 1 is 1.06 bits per heavy atom. The van der Waals surface area contributed by atoms with Crippen LogP contribution in [0.5, 0.6) is 0 Å². The molecular formula is C26H38N4O4. The van der Waals surface area contributed by atoms with E-state index in [9.17, 15) is 14.4 Å². The molecule has 1 atom stereocenters. The number of likely N-dealkylation sites (N-methyl/N-ethyl adjacent to an activating group) is 1. The monoisotopic (exact) mass is 470 g/mol. The number of ether oxygens (including phenoxy) is 1. The van der Waals surface area contributed by atoms with Gasteiger partial charge in [-0.3, -0.25) is 14.6 Å². The maximum Gasteiger partial charge on any atom is 0.338 e. The second kappa shape index (κ2) is 11.5. The molecule has 1 aromatic rings. The van der Waals surface area contributed by atoms with Crippen molar-refractivity contribution in [2.45, 2.75) is 53.0 Å². The Labute approximate surface area is 202 Å². The van der Waals surface area contributed by atoms with Crippen molar-refractivity contribution in [3.05, 3.63) is 46.7 Å². The number of hydrogen-bond acceptors (Lipinski definition) is 5. The molecule has 1 aromatic carbocycles. The minimum Gasteiger partial charge on any atom is -0.463 e. The van der Waals surface area contributed by atoms with Gasteiger partial charge in [0.25, 0.3) is 0 Å². The van der Waals surface area contributed by atoms with Crippen molar-refractivity contribution in [2.75, 3.05) is 45.9 Å². The summed E-state index contributed by atoms with van der Waals surface area (Å²) in [6.07, 6.45) is 0.499. The van der Waals surface area contributed by atoms with Gasteiger partial charge in [-0.2, -0.15) is 0 Å². The second-order valence-electron chi connectivity index (χ2n) is 9.04. The lowest BCUT2D eigenvalue weighted by molar-refractivity contribution is -0.139. The number of benzene rings is 1. The Morgan fingerprint density at radius 2 is 1.71 bits per heavy atom. The molecule has 186 valence electrons. The number of urea groups is 1. The molecule has 1 saturated heterocycles. The maximum absolute atomic E-state index is 13.2. The Balaban J connectivity index is 1.97. The molecular weight excluding hydrogens is 432 g/mol. The molecule has 1 N–H and O–H groups in total. The first-order valence-electron chi connectivity index (χ1n) is 12.4. The van der Waals surface area contributed by atoms with E-state index in [4.69, 9.17) is 4.74 Å². The highest BCUT2D eigenvalue weighted by Gasteiger charge is 2.38. The third-order valence-corrected chi connectivity index (χ3v) is 6.59. The van der Waals surface area contributed by atoms with E-state index in [1.165, 1.54) is 5.56 Å². The summed E-state index contributed by atoms with van der Waals surface area (Å²) in [7, 11) is 0. The molecule has 2 heterocycles. The molecule has 0 spiro atoms. The highest BCUT2D eigenvalue weighted by molar-refractivity contribution is 5.95. The van der Waals surface area contributed by atoms with Crippen molar-refractivity contribution < 1.29 is 19.1 Å². The van der Waals surface area contributed by atoms with E-state index in [2.05, 4.69) is 24.1 Å². The lowest BCUT2D eigenvalue weighted by Gasteiger charge is -2.40. The standard InChI is InChI=1S/C26H38N4O4/c1-6-22(31)29-15-13-28(14-16-29)17-21-23(25(32)34-8-3)24(27-26(33)30(21)7-2)20-11-9-19(10-12-20)18(4)5/h9-12,18,24H,6-8,13-17H2,1-5H3,(H,27,33). The Bertz CT molecular complexity index is 917. The van der Waals surface area contributed by atoms with Crippen molar-refractivity contribution in [1.29, 1.82) is 0 Å². The first-order chi connectivity index (χ1) is 16.3. The lowest BCUT2D eigenvalue weighted by Crippen LogP contribution is -2.53. The fourth-order valence-corrected chi connectivity index (χ4v) is 4.57. The van der Waals surface area contributed by atoms with E-state index >= 15 is 0 Å². The van der Waals surface area contributed by atoms with Gasteiger partial charge in [0, 0.05) is 51.4 Å². The fourth-order valence-electron chi connectivity index (χ4n) is 4.57. The summed E-state index contributed by atoms with van der Waals surface area (Å²) >= 11 is 0. The van der Waals surface area contributed by atoms with Crippen LogP contribution in [0, 0.1) is 0 Å². The van der Waals surface area contributed by atoms with Crippen LogP contribution in [-0.4, -0.2) is 78.5 Å². The molecule has 8 heteroatoms. The van der Waals surface area contributed by atoms with Gasteiger partial charge in [0.05, 0.1) is 18.2 Å². The van der Waals surface area contributed by atoms with Crippen molar-refractivity contribution in [1.82, 2.24) is 20.0 Å². The van der Waals surface area contributed by atoms with Crippen LogP contribution in [0.2, 0.25) is 0 Å². The number of amides is 3. The van der Waals surface area contributed by atoms with Crippen LogP contribution in [0.1, 0.15) is 64.1 Å². The number of hydrogen-bond donors (Lipinski definition) is 1. The summed E-state index contributed by atoms with van der Waals surface area (Å²) in [6.45, 7) is 13.6. The summed E-state index contributed by atoms with van der Waals surface area (Å²) in [5.41, 5.74) is 3.21. The zero-order chi connectivity index (χ0) is 24.8. The number of nitrogens with one attached hydrogen (secondary N) is 1. The van der Waals surface area contributed by atoms with E-state index in [-0.39, 0.29) is 18.5 Å². The number of carbonyl (C=O) groups excluding carboxylic acids is 3. The Hall–Kier alpha value is -2.87.